The highest BCUT2D eigenvalue weighted by Gasteiger charge is 2.17. The van der Waals surface area contributed by atoms with Crippen molar-refractivity contribution in [1.82, 2.24) is 0 Å². The molecule has 74 valence electrons. The molecule has 0 fully saturated rings. The maximum Gasteiger partial charge on any atom is 0.170 e. The first-order chi connectivity index (χ1) is 6.68. The first kappa shape index (κ1) is 9.46. The van der Waals surface area contributed by atoms with E-state index in [1.807, 2.05) is 4.90 Å². The van der Waals surface area contributed by atoms with E-state index in [1.165, 1.54) is 16.8 Å². The van der Waals surface area contributed by atoms with Gasteiger partial charge in [0.05, 0.1) is 0 Å². The van der Waals surface area contributed by atoms with Gasteiger partial charge in [0.2, 0.25) is 0 Å². The number of anilines is 1. The lowest BCUT2D eigenvalue weighted by atomic mass is 10.00. The molecule has 0 aliphatic carbocycles. The zero-order valence-electron chi connectivity index (χ0n) is 8.29. The number of nitrogens with two attached hydrogens (primary N) is 1. The number of fused-ring (bicyclic) bond motifs is 1. The average Bonchev–Trinajstić information content (AvgIpc) is 2.16. The summed E-state index contributed by atoms with van der Waals surface area (Å²) in [5.74, 6) is 0. The first-order valence-electron chi connectivity index (χ1n) is 4.85. The fourth-order valence-electron chi connectivity index (χ4n) is 1.95. The zero-order chi connectivity index (χ0) is 10.1. The van der Waals surface area contributed by atoms with Crippen molar-refractivity contribution in [3.8, 4) is 0 Å². The van der Waals surface area contributed by atoms with Gasteiger partial charge in [-0.3, -0.25) is 0 Å². The first-order valence-corrected chi connectivity index (χ1v) is 5.26. The Morgan fingerprint density at radius 1 is 1.50 bits per heavy atom. The second-order valence-corrected chi connectivity index (χ2v) is 4.14. The molecule has 0 unspecified atom stereocenters. The molecule has 1 aliphatic heterocycles. The summed E-state index contributed by atoms with van der Waals surface area (Å²) in [7, 11) is 0. The minimum atomic E-state index is 0.481. The van der Waals surface area contributed by atoms with Crippen molar-refractivity contribution in [2.45, 2.75) is 19.8 Å². The van der Waals surface area contributed by atoms with E-state index in [9.17, 15) is 0 Å². The Balaban J connectivity index is 2.44. The molecule has 2 N–H and O–H groups in total. The molecule has 0 atom stereocenters. The van der Waals surface area contributed by atoms with Crippen LogP contribution in [0.2, 0.25) is 0 Å². The third-order valence-electron chi connectivity index (χ3n) is 2.62. The standard InChI is InChI=1S/C11H14N2S/c1-8-4-5-10-9(7-8)3-2-6-13(10)11(12)14/h4-5,7H,2-3,6H2,1H3,(H2,12,14). The number of hydrogen-bond donors (Lipinski definition) is 1. The molecule has 0 saturated heterocycles. The molecule has 0 amide bonds. The van der Waals surface area contributed by atoms with Crippen LogP contribution in [-0.2, 0) is 6.42 Å². The normalized spacial score (nSPS) is 15.1. The van der Waals surface area contributed by atoms with Crippen molar-refractivity contribution < 1.29 is 0 Å². The number of nitrogens with zero attached hydrogens (tertiary/aromatic N) is 1. The van der Waals surface area contributed by atoms with Crippen LogP contribution in [0.15, 0.2) is 18.2 Å². The molecule has 0 radical (unpaired) electrons. The molecule has 0 spiro atoms. The smallest absolute Gasteiger partial charge is 0.170 e. The summed E-state index contributed by atoms with van der Waals surface area (Å²) in [5, 5.41) is 0.481. The van der Waals surface area contributed by atoms with Crippen molar-refractivity contribution in [3.63, 3.8) is 0 Å². The Hall–Kier alpha value is -1.09. The molecule has 1 aromatic rings. The Morgan fingerprint density at radius 3 is 3.00 bits per heavy atom. The van der Waals surface area contributed by atoms with Gasteiger partial charge >= 0.3 is 0 Å². The second-order valence-electron chi connectivity index (χ2n) is 3.73. The predicted molar refractivity (Wildman–Crippen MR) is 63.6 cm³/mol. The van der Waals surface area contributed by atoms with Crippen molar-refractivity contribution >= 4 is 23.0 Å². The van der Waals surface area contributed by atoms with Crippen molar-refractivity contribution in [2.75, 3.05) is 11.4 Å². The van der Waals surface area contributed by atoms with Crippen LogP contribution < -0.4 is 10.6 Å². The summed E-state index contributed by atoms with van der Waals surface area (Å²) in [6.45, 7) is 3.06. The van der Waals surface area contributed by atoms with Gasteiger partial charge in [0, 0.05) is 12.2 Å². The Morgan fingerprint density at radius 2 is 2.29 bits per heavy atom. The number of thiocarbonyl (C=S) groups is 1. The molecule has 1 aliphatic rings. The van der Waals surface area contributed by atoms with Gasteiger partial charge in [-0.05, 0) is 43.6 Å². The van der Waals surface area contributed by atoms with Gasteiger partial charge in [0.1, 0.15) is 0 Å². The summed E-state index contributed by atoms with van der Waals surface area (Å²) < 4.78 is 0. The SMILES string of the molecule is Cc1ccc2c(c1)CCCN2C(N)=S. The molecule has 0 saturated carbocycles. The topological polar surface area (TPSA) is 29.3 Å². The van der Waals surface area contributed by atoms with E-state index in [0.29, 0.717) is 5.11 Å². The lowest BCUT2D eigenvalue weighted by Gasteiger charge is -2.29. The number of hydrogen-bond acceptors (Lipinski definition) is 1. The van der Waals surface area contributed by atoms with Crippen LogP contribution in [0, 0.1) is 6.92 Å². The van der Waals surface area contributed by atoms with E-state index in [2.05, 4.69) is 25.1 Å². The summed E-state index contributed by atoms with van der Waals surface area (Å²) in [4.78, 5) is 2.02. The van der Waals surface area contributed by atoms with Crippen LogP contribution in [0.5, 0.6) is 0 Å². The van der Waals surface area contributed by atoms with E-state index in [1.54, 1.807) is 0 Å². The molecule has 0 bridgehead atoms. The van der Waals surface area contributed by atoms with Crippen LogP contribution in [0.3, 0.4) is 0 Å². The third kappa shape index (κ3) is 1.60. The lowest BCUT2D eigenvalue weighted by molar-refractivity contribution is 0.778. The minimum Gasteiger partial charge on any atom is -0.376 e. The van der Waals surface area contributed by atoms with Gasteiger partial charge in [0.15, 0.2) is 5.11 Å². The van der Waals surface area contributed by atoms with E-state index < -0.39 is 0 Å². The molecule has 14 heavy (non-hydrogen) atoms. The van der Waals surface area contributed by atoms with E-state index in [-0.39, 0.29) is 0 Å². The monoisotopic (exact) mass is 206 g/mol. The fourth-order valence-corrected chi connectivity index (χ4v) is 2.14. The van der Waals surface area contributed by atoms with Gasteiger partial charge in [0.25, 0.3) is 0 Å². The highest BCUT2D eigenvalue weighted by Crippen LogP contribution is 2.27. The molecule has 1 heterocycles. The van der Waals surface area contributed by atoms with Crippen LogP contribution in [-0.4, -0.2) is 11.7 Å². The van der Waals surface area contributed by atoms with E-state index >= 15 is 0 Å². The number of rotatable bonds is 0. The number of benzene rings is 1. The summed E-state index contributed by atoms with van der Waals surface area (Å²) in [5.41, 5.74) is 9.53. The van der Waals surface area contributed by atoms with Gasteiger partial charge in [-0.1, -0.05) is 17.7 Å². The largest absolute Gasteiger partial charge is 0.376 e. The van der Waals surface area contributed by atoms with Crippen LogP contribution in [0.4, 0.5) is 5.69 Å². The Kier molecular flexibility index (Phi) is 2.42. The number of aryl methyl sites for hydroxylation is 2. The van der Waals surface area contributed by atoms with Crippen molar-refractivity contribution in [3.05, 3.63) is 29.3 Å². The maximum atomic E-state index is 5.68. The zero-order valence-corrected chi connectivity index (χ0v) is 9.10. The average molecular weight is 206 g/mol. The van der Waals surface area contributed by atoms with E-state index in [4.69, 9.17) is 18.0 Å². The van der Waals surface area contributed by atoms with Gasteiger partial charge in [-0.15, -0.1) is 0 Å². The molecule has 1 aromatic carbocycles. The third-order valence-corrected chi connectivity index (χ3v) is 2.84. The molecular formula is C11H14N2S. The minimum absolute atomic E-state index is 0.481. The van der Waals surface area contributed by atoms with E-state index in [0.717, 1.165) is 19.4 Å². The summed E-state index contributed by atoms with van der Waals surface area (Å²) in [6.07, 6.45) is 2.27. The Labute approximate surface area is 89.7 Å². The van der Waals surface area contributed by atoms with Crippen LogP contribution >= 0.6 is 12.2 Å². The van der Waals surface area contributed by atoms with Crippen LogP contribution in [0.25, 0.3) is 0 Å². The highest BCUT2D eigenvalue weighted by molar-refractivity contribution is 7.80. The summed E-state index contributed by atoms with van der Waals surface area (Å²) in [6, 6.07) is 6.44. The van der Waals surface area contributed by atoms with Gasteiger partial charge < -0.3 is 10.6 Å². The maximum absolute atomic E-state index is 5.68. The molecule has 2 nitrogen and oxygen atoms in total. The second kappa shape index (κ2) is 3.58. The quantitative estimate of drug-likeness (QED) is 0.658. The molecule has 3 heteroatoms. The fraction of sp³-hybridized carbons (Fsp3) is 0.364. The molecule has 2 rings (SSSR count). The lowest BCUT2D eigenvalue weighted by Crippen LogP contribution is -2.39. The van der Waals surface area contributed by atoms with Gasteiger partial charge in [-0.2, -0.15) is 0 Å². The van der Waals surface area contributed by atoms with Gasteiger partial charge in [-0.25, -0.2) is 0 Å². The summed E-state index contributed by atoms with van der Waals surface area (Å²) >= 11 is 5.03. The van der Waals surface area contributed by atoms with Crippen molar-refractivity contribution in [2.24, 2.45) is 5.73 Å². The highest BCUT2D eigenvalue weighted by atomic mass is 32.1. The van der Waals surface area contributed by atoms with Crippen LogP contribution in [0.1, 0.15) is 17.5 Å². The predicted octanol–water partition coefficient (Wildman–Crippen LogP) is 1.99. The molecular weight excluding hydrogens is 192 g/mol. The Bertz CT molecular complexity index is 374. The van der Waals surface area contributed by atoms with Crippen molar-refractivity contribution in [1.29, 1.82) is 0 Å². The molecule has 0 aromatic heterocycles.